The average Bonchev–Trinajstić information content (AvgIpc) is 2.38. The van der Waals surface area contributed by atoms with Crippen molar-refractivity contribution in [2.24, 2.45) is 5.73 Å². The number of nitrogens with zero attached hydrogens (tertiary/aromatic N) is 1. The maximum atomic E-state index is 12.7. The number of rotatable bonds is 2. The quantitative estimate of drug-likeness (QED) is 0.905. The maximum Gasteiger partial charge on any atom is 0.232 e. The van der Waals surface area contributed by atoms with Gasteiger partial charge in [-0.25, -0.2) is 0 Å². The highest BCUT2D eigenvalue weighted by Gasteiger charge is 2.35. The van der Waals surface area contributed by atoms with Gasteiger partial charge in [0, 0.05) is 24.2 Å². The first-order chi connectivity index (χ1) is 8.91. The predicted octanol–water partition coefficient (Wildman–Crippen LogP) is 2.57. The second kappa shape index (κ2) is 5.51. The van der Waals surface area contributed by atoms with Gasteiger partial charge >= 0.3 is 0 Å². The molecule has 1 aliphatic heterocycles. The van der Waals surface area contributed by atoms with Crippen LogP contribution >= 0.6 is 11.6 Å². The van der Waals surface area contributed by atoms with E-state index in [0.29, 0.717) is 11.6 Å². The lowest BCUT2D eigenvalue weighted by molar-refractivity contribution is -0.137. The topological polar surface area (TPSA) is 46.3 Å². The summed E-state index contributed by atoms with van der Waals surface area (Å²) in [4.78, 5) is 14.6. The van der Waals surface area contributed by atoms with E-state index in [0.717, 1.165) is 24.9 Å². The van der Waals surface area contributed by atoms with Crippen molar-refractivity contribution < 1.29 is 4.79 Å². The molecule has 19 heavy (non-hydrogen) atoms. The van der Waals surface area contributed by atoms with Gasteiger partial charge in [0.15, 0.2) is 0 Å². The Balaban J connectivity index is 2.18. The zero-order chi connectivity index (χ0) is 14.0. The highest BCUT2D eigenvalue weighted by Crippen LogP contribution is 2.28. The summed E-state index contributed by atoms with van der Waals surface area (Å²) in [6, 6.07) is 7.61. The summed E-state index contributed by atoms with van der Waals surface area (Å²) in [6.07, 6.45) is 1.99. The molecule has 1 aliphatic rings. The lowest BCUT2D eigenvalue weighted by atomic mass is 9.82. The monoisotopic (exact) mass is 280 g/mol. The van der Waals surface area contributed by atoms with Crippen LogP contribution in [0.25, 0.3) is 0 Å². The first-order valence-corrected chi connectivity index (χ1v) is 7.10. The van der Waals surface area contributed by atoms with Crippen LogP contribution in [0.15, 0.2) is 24.3 Å². The fraction of sp³-hybridized carbons (Fsp3) is 0.533. The minimum absolute atomic E-state index is 0.110. The smallest absolute Gasteiger partial charge is 0.232 e. The Bertz CT molecular complexity index is 456. The van der Waals surface area contributed by atoms with Gasteiger partial charge < -0.3 is 10.6 Å². The number of hydrogen-bond donors (Lipinski definition) is 1. The molecule has 0 aromatic heterocycles. The molecule has 0 radical (unpaired) electrons. The molecule has 2 N–H and O–H groups in total. The normalized spacial score (nSPS) is 20.4. The molecule has 1 heterocycles. The van der Waals surface area contributed by atoms with Crippen molar-refractivity contribution in [3.05, 3.63) is 34.9 Å². The van der Waals surface area contributed by atoms with Crippen LogP contribution < -0.4 is 5.73 Å². The zero-order valence-corrected chi connectivity index (χ0v) is 12.3. The highest BCUT2D eigenvalue weighted by molar-refractivity contribution is 6.30. The van der Waals surface area contributed by atoms with Crippen LogP contribution in [-0.2, 0) is 10.2 Å². The number of carbonyl (C=O) groups excluding carboxylic acids is 1. The van der Waals surface area contributed by atoms with Crippen molar-refractivity contribution in [2.75, 3.05) is 13.1 Å². The number of likely N-dealkylation sites (tertiary alicyclic amines) is 1. The summed E-state index contributed by atoms with van der Waals surface area (Å²) in [7, 11) is 0. The molecule has 0 saturated carbocycles. The third-order valence-electron chi connectivity index (χ3n) is 3.85. The Labute approximate surface area is 119 Å². The summed E-state index contributed by atoms with van der Waals surface area (Å²) >= 11 is 5.90. The highest BCUT2D eigenvalue weighted by atomic mass is 35.5. The number of hydrogen-bond acceptors (Lipinski definition) is 2. The molecular weight excluding hydrogens is 260 g/mol. The van der Waals surface area contributed by atoms with Crippen LogP contribution in [0.3, 0.4) is 0 Å². The average molecular weight is 281 g/mol. The standard InChI is InChI=1S/C15H21ClN2O/c1-15(2,11-5-7-12(16)8-6-11)14(19)18-9-3-4-13(17)10-18/h5-8,13H,3-4,9-10,17H2,1-2H3. The van der Waals surface area contributed by atoms with E-state index in [1.165, 1.54) is 0 Å². The minimum atomic E-state index is -0.540. The van der Waals surface area contributed by atoms with Crippen LogP contribution in [0, 0.1) is 0 Å². The van der Waals surface area contributed by atoms with Gasteiger partial charge in [-0.3, -0.25) is 4.79 Å². The molecule has 1 aromatic carbocycles. The van der Waals surface area contributed by atoms with E-state index < -0.39 is 5.41 Å². The predicted molar refractivity (Wildman–Crippen MR) is 78.3 cm³/mol. The van der Waals surface area contributed by atoms with Gasteiger partial charge in [0.2, 0.25) is 5.91 Å². The number of carbonyl (C=O) groups is 1. The van der Waals surface area contributed by atoms with Gasteiger partial charge in [0.05, 0.1) is 5.41 Å². The summed E-state index contributed by atoms with van der Waals surface area (Å²) < 4.78 is 0. The van der Waals surface area contributed by atoms with Crippen LogP contribution in [0.2, 0.25) is 5.02 Å². The molecule has 1 amide bonds. The van der Waals surface area contributed by atoms with E-state index in [-0.39, 0.29) is 11.9 Å². The molecule has 1 fully saturated rings. The SMILES string of the molecule is CC(C)(C(=O)N1CCCC(N)C1)c1ccc(Cl)cc1. The Morgan fingerprint density at radius 1 is 1.37 bits per heavy atom. The Kier molecular flexibility index (Phi) is 4.16. The van der Waals surface area contributed by atoms with E-state index in [1.807, 2.05) is 43.0 Å². The van der Waals surface area contributed by atoms with Crippen molar-refractivity contribution in [2.45, 2.75) is 38.1 Å². The molecule has 2 rings (SSSR count). The second-order valence-corrected chi connectivity index (χ2v) is 6.22. The summed E-state index contributed by atoms with van der Waals surface area (Å²) in [6.45, 7) is 5.39. The fourth-order valence-corrected chi connectivity index (χ4v) is 2.71. The van der Waals surface area contributed by atoms with E-state index in [2.05, 4.69) is 0 Å². The van der Waals surface area contributed by atoms with Gasteiger partial charge in [0.25, 0.3) is 0 Å². The van der Waals surface area contributed by atoms with Gasteiger partial charge in [-0.1, -0.05) is 23.7 Å². The van der Waals surface area contributed by atoms with E-state index in [4.69, 9.17) is 17.3 Å². The van der Waals surface area contributed by atoms with E-state index in [9.17, 15) is 4.79 Å². The Morgan fingerprint density at radius 3 is 2.58 bits per heavy atom. The summed E-state index contributed by atoms with van der Waals surface area (Å²) in [5, 5.41) is 0.687. The Hall–Kier alpha value is -1.06. The van der Waals surface area contributed by atoms with Crippen LogP contribution in [-0.4, -0.2) is 29.9 Å². The molecule has 4 heteroatoms. The van der Waals surface area contributed by atoms with E-state index in [1.54, 1.807) is 0 Å². The molecule has 0 spiro atoms. The molecule has 0 aliphatic carbocycles. The number of halogens is 1. The van der Waals surface area contributed by atoms with Gasteiger partial charge in [-0.2, -0.15) is 0 Å². The molecule has 1 unspecified atom stereocenters. The molecule has 0 bridgehead atoms. The fourth-order valence-electron chi connectivity index (χ4n) is 2.58. The lowest BCUT2D eigenvalue weighted by Crippen LogP contribution is -2.51. The third kappa shape index (κ3) is 3.10. The first kappa shape index (κ1) is 14.4. The third-order valence-corrected chi connectivity index (χ3v) is 4.10. The number of benzene rings is 1. The Morgan fingerprint density at radius 2 is 2.00 bits per heavy atom. The molecule has 104 valence electrons. The van der Waals surface area contributed by atoms with Crippen molar-refractivity contribution in [3.63, 3.8) is 0 Å². The van der Waals surface area contributed by atoms with Gasteiger partial charge in [-0.15, -0.1) is 0 Å². The van der Waals surface area contributed by atoms with Crippen LogP contribution in [0.5, 0.6) is 0 Å². The zero-order valence-electron chi connectivity index (χ0n) is 11.5. The van der Waals surface area contributed by atoms with Crippen molar-refractivity contribution in [3.8, 4) is 0 Å². The second-order valence-electron chi connectivity index (χ2n) is 5.79. The number of piperidine rings is 1. The van der Waals surface area contributed by atoms with Crippen LogP contribution in [0.4, 0.5) is 0 Å². The largest absolute Gasteiger partial charge is 0.340 e. The van der Waals surface area contributed by atoms with Gasteiger partial charge in [-0.05, 0) is 44.4 Å². The van der Waals surface area contributed by atoms with Crippen molar-refractivity contribution in [1.29, 1.82) is 0 Å². The maximum absolute atomic E-state index is 12.7. The van der Waals surface area contributed by atoms with Crippen molar-refractivity contribution >= 4 is 17.5 Å². The molecule has 3 nitrogen and oxygen atoms in total. The minimum Gasteiger partial charge on any atom is -0.340 e. The number of nitrogens with two attached hydrogens (primary N) is 1. The van der Waals surface area contributed by atoms with E-state index >= 15 is 0 Å². The first-order valence-electron chi connectivity index (χ1n) is 6.72. The summed E-state index contributed by atoms with van der Waals surface area (Å²) in [5.74, 6) is 0.143. The molecule has 1 atom stereocenters. The summed E-state index contributed by atoms with van der Waals surface area (Å²) in [5.41, 5.74) is 6.40. The van der Waals surface area contributed by atoms with Crippen LogP contribution in [0.1, 0.15) is 32.3 Å². The van der Waals surface area contributed by atoms with Crippen molar-refractivity contribution in [1.82, 2.24) is 4.90 Å². The number of amides is 1. The lowest BCUT2D eigenvalue weighted by Gasteiger charge is -2.36. The van der Waals surface area contributed by atoms with Gasteiger partial charge in [0.1, 0.15) is 0 Å². The molecule has 1 aromatic rings. The molecular formula is C15H21ClN2O. The molecule has 1 saturated heterocycles.